The van der Waals surface area contributed by atoms with E-state index >= 15 is 0 Å². The second-order valence-electron chi connectivity index (χ2n) is 10.4. The van der Waals surface area contributed by atoms with Gasteiger partial charge < -0.3 is 20.1 Å². The number of ether oxygens (including phenoxy) is 1. The predicted molar refractivity (Wildman–Crippen MR) is 135 cm³/mol. The van der Waals surface area contributed by atoms with Crippen molar-refractivity contribution in [3.05, 3.63) is 59.7 Å². The minimum atomic E-state index is -1.03. The Morgan fingerprint density at radius 2 is 1.57 bits per heavy atom. The van der Waals surface area contributed by atoms with Crippen LogP contribution in [0.25, 0.3) is 11.1 Å². The zero-order valence-corrected chi connectivity index (χ0v) is 21.2. The largest absolute Gasteiger partial charge is 0.480 e. The van der Waals surface area contributed by atoms with E-state index < -0.39 is 24.1 Å². The summed E-state index contributed by atoms with van der Waals surface area (Å²) in [6.45, 7) is 7.88. The van der Waals surface area contributed by atoms with E-state index in [9.17, 15) is 19.5 Å². The van der Waals surface area contributed by atoms with Crippen LogP contribution < -0.4 is 5.32 Å². The molecule has 0 fully saturated rings. The third kappa shape index (κ3) is 6.41. The standard InChI is InChI=1S/C28H36N2O5/c1-6-18(15-25(31)30(5)24(26(32)33)16-28(2,3)4)29-27(34)35-17-23-21-13-9-7-11-19(21)20-12-8-10-14-22(20)23/h7-14,18,23-24H,6,15-17H2,1-5H3,(H,29,34)(H,32,33). The Bertz CT molecular complexity index is 1030. The van der Waals surface area contributed by atoms with Gasteiger partial charge in [0.25, 0.3) is 0 Å². The smallest absolute Gasteiger partial charge is 0.407 e. The molecular formula is C28H36N2O5. The minimum Gasteiger partial charge on any atom is -0.480 e. The highest BCUT2D eigenvalue weighted by atomic mass is 16.5. The molecule has 0 bridgehead atoms. The van der Waals surface area contributed by atoms with Crippen molar-refractivity contribution in [1.29, 1.82) is 0 Å². The van der Waals surface area contributed by atoms with Crippen molar-refractivity contribution in [2.75, 3.05) is 13.7 Å². The fourth-order valence-corrected chi connectivity index (χ4v) is 4.60. The lowest BCUT2D eigenvalue weighted by Gasteiger charge is -2.31. The van der Waals surface area contributed by atoms with Crippen LogP contribution in [0.1, 0.15) is 64.0 Å². The van der Waals surface area contributed by atoms with Crippen LogP contribution in [0, 0.1) is 5.41 Å². The summed E-state index contributed by atoms with van der Waals surface area (Å²) in [6, 6.07) is 14.9. The van der Waals surface area contributed by atoms with Crippen molar-refractivity contribution >= 4 is 18.0 Å². The summed E-state index contributed by atoms with van der Waals surface area (Å²) < 4.78 is 5.60. The van der Waals surface area contributed by atoms with Crippen LogP contribution in [0.2, 0.25) is 0 Å². The quantitative estimate of drug-likeness (QED) is 0.524. The van der Waals surface area contributed by atoms with Crippen molar-refractivity contribution in [3.63, 3.8) is 0 Å². The molecule has 7 heteroatoms. The van der Waals surface area contributed by atoms with Crippen LogP contribution in [0.5, 0.6) is 0 Å². The molecule has 2 aromatic rings. The molecule has 0 aromatic heterocycles. The number of carboxylic acid groups (broad SMARTS) is 1. The Kier molecular flexibility index (Phi) is 8.20. The fourth-order valence-electron chi connectivity index (χ4n) is 4.60. The Balaban J connectivity index is 1.59. The predicted octanol–water partition coefficient (Wildman–Crippen LogP) is 5.04. The summed E-state index contributed by atoms with van der Waals surface area (Å²) in [5.74, 6) is -1.41. The number of nitrogens with one attached hydrogen (secondary N) is 1. The van der Waals surface area contributed by atoms with Crippen molar-refractivity contribution < 1.29 is 24.2 Å². The monoisotopic (exact) mass is 480 g/mol. The lowest BCUT2D eigenvalue weighted by Crippen LogP contribution is -2.47. The van der Waals surface area contributed by atoms with E-state index in [1.54, 1.807) is 0 Å². The highest BCUT2D eigenvalue weighted by Crippen LogP contribution is 2.44. The average Bonchev–Trinajstić information content (AvgIpc) is 3.13. The van der Waals surface area contributed by atoms with E-state index in [0.717, 1.165) is 22.3 Å². The number of alkyl carbamates (subject to hydrolysis) is 1. The molecule has 1 aliphatic carbocycles. The zero-order chi connectivity index (χ0) is 25.8. The lowest BCUT2D eigenvalue weighted by molar-refractivity contribution is -0.150. The van der Waals surface area contributed by atoms with Crippen molar-refractivity contribution in [3.8, 4) is 11.1 Å². The number of likely N-dealkylation sites (N-methyl/N-ethyl adjacent to an activating group) is 1. The fraction of sp³-hybridized carbons (Fsp3) is 0.464. The van der Waals surface area contributed by atoms with E-state index in [2.05, 4.69) is 29.6 Å². The molecule has 2 aromatic carbocycles. The molecular weight excluding hydrogens is 444 g/mol. The van der Waals surface area contributed by atoms with Gasteiger partial charge in [0.1, 0.15) is 12.6 Å². The van der Waals surface area contributed by atoms with Crippen LogP contribution in [-0.2, 0) is 14.3 Å². The number of rotatable bonds is 9. The van der Waals surface area contributed by atoms with Crippen molar-refractivity contribution in [2.45, 2.75) is 65.0 Å². The number of aliphatic carboxylic acids is 1. The van der Waals surface area contributed by atoms with Gasteiger partial charge in [0.15, 0.2) is 0 Å². The molecule has 2 atom stereocenters. The third-order valence-electron chi connectivity index (χ3n) is 6.53. The summed E-state index contributed by atoms with van der Waals surface area (Å²) in [6.07, 6.45) is 0.270. The summed E-state index contributed by atoms with van der Waals surface area (Å²) in [5, 5.41) is 12.4. The van der Waals surface area contributed by atoms with Gasteiger partial charge in [0.05, 0.1) is 0 Å². The summed E-state index contributed by atoms with van der Waals surface area (Å²) in [7, 11) is 1.51. The van der Waals surface area contributed by atoms with Crippen LogP contribution in [0.15, 0.2) is 48.5 Å². The molecule has 2 amide bonds. The number of amides is 2. The number of carbonyl (C=O) groups excluding carboxylic acids is 2. The molecule has 0 radical (unpaired) electrons. The second kappa shape index (κ2) is 10.9. The molecule has 3 rings (SSSR count). The first kappa shape index (κ1) is 26.3. The summed E-state index contributed by atoms with van der Waals surface area (Å²) in [4.78, 5) is 38.5. The maximum Gasteiger partial charge on any atom is 0.407 e. The highest BCUT2D eigenvalue weighted by Gasteiger charge is 2.32. The van der Waals surface area contributed by atoms with Gasteiger partial charge in [-0.2, -0.15) is 0 Å². The first-order chi connectivity index (χ1) is 16.5. The van der Waals surface area contributed by atoms with Gasteiger partial charge in [-0.25, -0.2) is 9.59 Å². The SMILES string of the molecule is CCC(CC(=O)N(C)C(CC(C)(C)C)C(=O)O)NC(=O)OCC1c2ccccc2-c2ccccc21. The van der Waals surface area contributed by atoms with Gasteiger partial charge in [-0.3, -0.25) is 4.79 Å². The maximum atomic E-state index is 12.8. The van der Waals surface area contributed by atoms with E-state index in [1.165, 1.54) is 11.9 Å². The van der Waals surface area contributed by atoms with Crippen LogP contribution in [0.4, 0.5) is 4.79 Å². The molecule has 1 aliphatic rings. The number of fused-ring (bicyclic) bond motifs is 3. The van der Waals surface area contributed by atoms with Crippen LogP contribution in [-0.4, -0.2) is 53.7 Å². The molecule has 0 heterocycles. The van der Waals surface area contributed by atoms with E-state index in [1.807, 2.05) is 52.0 Å². The number of benzene rings is 2. The average molecular weight is 481 g/mol. The third-order valence-corrected chi connectivity index (χ3v) is 6.53. The van der Waals surface area contributed by atoms with Crippen LogP contribution in [0.3, 0.4) is 0 Å². The summed E-state index contributed by atoms with van der Waals surface area (Å²) in [5.41, 5.74) is 4.31. The van der Waals surface area contributed by atoms with E-state index in [0.29, 0.717) is 12.8 Å². The topological polar surface area (TPSA) is 95.9 Å². The lowest BCUT2D eigenvalue weighted by atomic mass is 9.87. The molecule has 2 N–H and O–H groups in total. The minimum absolute atomic E-state index is 0.00508. The Hall–Kier alpha value is -3.35. The Morgan fingerprint density at radius 3 is 2.06 bits per heavy atom. The van der Waals surface area contributed by atoms with Gasteiger partial charge in [0.2, 0.25) is 5.91 Å². The van der Waals surface area contributed by atoms with Gasteiger partial charge in [-0.15, -0.1) is 0 Å². The number of carboxylic acids is 1. The van der Waals surface area contributed by atoms with E-state index in [-0.39, 0.29) is 30.3 Å². The zero-order valence-electron chi connectivity index (χ0n) is 21.2. The molecule has 2 unspecified atom stereocenters. The number of hydrogen-bond acceptors (Lipinski definition) is 4. The van der Waals surface area contributed by atoms with Gasteiger partial charge in [0, 0.05) is 25.4 Å². The Morgan fingerprint density at radius 1 is 1.03 bits per heavy atom. The second-order valence-corrected chi connectivity index (χ2v) is 10.4. The first-order valence-corrected chi connectivity index (χ1v) is 12.1. The molecule has 0 aliphatic heterocycles. The molecule has 7 nitrogen and oxygen atoms in total. The van der Waals surface area contributed by atoms with Crippen molar-refractivity contribution in [2.24, 2.45) is 5.41 Å². The normalized spacial score (nSPS) is 14.4. The first-order valence-electron chi connectivity index (χ1n) is 12.1. The molecule has 35 heavy (non-hydrogen) atoms. The van der Waals surface area contributed by atoms with Crippen molar-refractivity contribution in [1.82, 2.24) is 10.2 Å². The van der Waals surface area contributed by atoms with Gasteiger partial charge in [-0.05, 0) is 40.5 Å². The maximum absolute atomic E-state index is 12.8. The number of hydrogen-bond donors (Lipinski definition) is 2. The molecule has 0 saturated heterocycles. The van der Waals surface area contributed by atoms with E-state index in [4.69, 9.17) is 4.74 Å². The summed E-state index contributed by atoms with van der Waals surface area (Å²) >= 11 is 0. The molecule has 0 saturated carbocycles. The Labute approximate surface area is 207 Å². The number of carbonyl (C=O) groups is 3. The molecule has 0 spiro atoms. The van der Waals surface area contributed by atoms with Gasteiger partial charge in [-0.1, -0.05) is 76.2 Å². The number of nitrogens with zero attached hydrogens (tertiary/aromatic N) is 1. The highest BCUT2D eigenvalue weighted by molar-refractivity contribution is 5.84. The van der Waals surface area contributed by atoms with Crippen LogP contribution >= 0.6 is 0 Å². The van der Waals surface area contributed by atoms with Gasteiger partial charge >= 0.3 is 12.1 Å². The molecule has 188 valence electrons.